The van der Waals surface area contributed by atoms with Gasteiger partial charge < -0.3 is 19.7 Å². The lowest BCUT2D eigenvalue weighted by molar-refractivity contribution is -0.127. The minimum atomic E-state index is -0.187. The maximum Gasteiger partial charge on any atom is 0.231 e. The number of aromatic nitrogens is 1. The van der Waals surface area contributed by atoms with E-state index in [-0.39, 0.29) is 24.2 Å². The number of anilines is 1. The third kappa shape index (κ3) is 2.69. The highest BCUT2D eigenvalue weighted by Gasteiger charge is 2.35. The van der Waals surface area contributed by atoms with Gasteiger partial charge in [0, 0.05) is 30.8 Å². The standard InChI is InChI=1S/C16H19N3O3S/c1-16(2,3)18-14(20)9-6-19(7-9)15-17-10-4-11-12(22-8-21-11)5-13(10)23-15/h4-5,9H,6-8H2,1-3H3,(H,18,20). The number of hydrogen-bond donors (Lipinski definition) is 1. The van der Waals surface area contributed by atoms with Gasteiger partial charge in [0.1, 0.15) is 0 Å². The number of amides is 1. The molecule has 0 atom stereocenters. The van der Waals surface area contributed by atoms with Gasteiger partial charge in [-0.1, -0.05) is 11.3 Å². The number of hydrogen-bond acceptors (Lipinski definition) is 6. The Bertz CT molecular complexity index is 734. The Morgan fingerprint density at radius 1 is 1.30 bits per heavy atom. The summed E-state index contributed by atoms with van der Waals surface area (Å²) in [5.74, 6) is 1.69. The minimum absolute atomic E-state index is 0.0397. The highest BCUT2D eigenvalue weighted by molar-refractivity contribution is 7.22. The Balaban J connectivity index is 1.46. The summed E-state index contributed by atoms with van der Waals surface area (Å²) in [5, 5.41) is 3.98. The molecular formula is C16H19N3O3S. The van der Waals surface area contributed by atoms with Gasteiger partial charge in [-0.3, -0.25) is 4.79 Å². The van der Waals surface area contributed by atoms with E-state index in [1.54, 1.807) is 11.3 Å². The zero-order valence-corrected chi connectivity index (χ0v) is 14.2. The second-order valence-electron chi connectivity index (χ2n) is 7.01. The molecule has 0 bridgehead atoms. The predicted octanol–water partition coefficient (Wildman–Crippen LogP) is 2.38. The second-order valence-corrected chi connectivity index (χ2v) is 8.02. The maximum absolute atomic E-state index is 12.1. The van der Waals surface area contributed by atoms with Crippen LogP contribution >= 0.6 is 11.3 Å². The van der Waals surface area contributed by atoms with E-state index in [1.807, 2.05) is 32.9 Å². The van der Waals surface area contributed by atoms with Crippen LogP contribution in [0.2, 0.25) is 0 Å². The minimum Gasteiger partial charge on any atom is -0.454 e. The molecule has 2 aliphatic heterocycles. The zero-order valence-electron chi connectivity index (χ0n) is 13.4. The summed E-state index contributed by atoms with van der Waals surface area (Å²) in [4.78, 5) is 18.9. The van der Waals surface area contributed by atoms with Crippen molar-refractivity contribution >= 4 is 32.6 Å². The molecule has 4 rings (SSSR count). The first-order valence-corrected chi connectivity index (χ1v) is 8.48. The Hall–Kier alpha value is -2.02. The number of benzene rings is 1. The molecule has 1 saturated heterocycles. The van der Waals surface area contributed by atoms with Crippen LogP contribution in [-0.4, -0.2) is 36.3 Å². The molecule has 23 heavy (non-hydrogen) atoms. The van der Waals surface area contributed by atoms with Crippen molar-refractivity contribution in [1.29, 1.82) is 0 Å². The molecule has 0 saturated carbocycles. The lowest BCUT2D eigenvalue weighted by Gasteiger charge is -2.39. The summed E-state index contributed by atoms with van der Waals surface area (Å²) in [7, 11) is 0. The molecule has 6 nitrogen and oxygen atoms in total. The number of nitrogens with zero attached hydrogens (tertiary/aromatic N) is 2. The molecule has 3 heterocycles. The van der Waals surface area contributed by atoms with E-state index >= 15 is 0 Å². The fraction of sp³-hybridized carbons (Fsp3) is 0.500. The van der Waals surface area contributed by atoms with Crippen molar-refractivity contribution in [3.8, 4) is 11.5 Å². The van der Waals surface area contributed by atoms with Crippen molar-refractivity contribution in [1.82, 2.24) is 10.3 Å². The lowest BCUT2D eigenvalue weighted by atomic mass is 9.98. The van der Waals surface area contributed by atoms with Gasteiger partial charge in [-0.15, -0.1) is 0 Å². The summed E-state index contributed by atoms with van der Waals surface area (Å²) in [6, 6.07) is 3.89. The van der Waals surface area contributed by atoms with Gasteiger partial charge >= 0.3 is 0 Å². The topological polar surface area (TPSA) is 63.7 Å². The van der Waals surface area contributed by atoms with Gasteiger partial charge in [0.05, 0.1) is 16.1 Å². The Morgan fingerprint density at radius 3 is 2.70 bits per heavy atom. The smallest absolute Gasteiger partial charge is 0.231 e. The van der Waals surface area contributed by atoms with Crippen molar-refractivity contribution in [2.45, 2.75) is 26.3 Å². The zero-order chi connectivity index (χ0) is 16.2. The van der Waals surface area contributed by atoms with Crippen LogP contribution in [0.3, 0.4) is 0 Å². The fourth-order valence-corrected chi connectivity index (χ4v) is 3.71. The molecule has 1 N–H and O–H groups in total. The highest BCUT2D eigenvalue weighted by Crippen LogP contribution is 2.40. The highest BCUT2D eigenvalue weighted by atomic mass is 32.1. The summed E-state index contributed by atoms with van der Waals surface area (Å²) in [6.45, 7) is 7.70. The van der Waals surface area contributed by atoms with Crippen LogP contribution in [0.15, 0.2) is 12.1 Å². The Labute approximate surface area is 138 Å². The van der Waals surface area contributed by atoms with E-state index < -0.39 is 0 Å². The van der Waals surface area contributed by atoms with Crippen LogP contribution in [0.5, 0.6) is 11.5 Å². The summed E-state index contributed by atoms with van der Waals surface area (Å²) in [6.07, 6.45) is 0. The molecule has 0 aliphatic carbocycles. The van der Waals surface area contributed by atoms with Gasteiger partial charge in [0.15, 0.2) is 16.6 Å². The number of carbonyl (C=O) groups excluding carboxylic acids is 1. The monoisotopic (exact) mass is 333 g/mol. The molecule has 0 spiro atoms. The SMILES string of the molecule is CC(C)(C)NC(=O)C1CN(c2nc3cc4c(cc3s2)OCO4)C1. The van der Waals surface area contributed by atoms with Crippen LogP contribution in [0.1, 0.15) is 20.8 Å². The van der Waals surface area contributed by atoms with Gasteiger partial charge in [-0.05, 0) is 20.8 Å². The molecular weight excluding hydrogens is 314 g/mol. The number of rotatable bonds is 2. The van der Waals surface area contributed by atoms with E-state index in [2.05, 4.69) is 15.2 Å². The molecule has 1 aromatic heterocycles. The van der Waals surface area contributed by atoms with E-state index in [9.17, 15) is 4.79 Å². The normalized spacial score (nSPS) is 17.4. The van der Waals surface area contributed by atoms with Gasteiger partial charge in [-0.25, -0.2) is 4.98 Å². The number of fused-ring (bicyclic) bond motifs is 2. The molecule has 1 aromatic carbocycles. The van der Waals surface area contributed by atoms with Gasteiger partial charge in [0.2, 0.25) is 12.7 Å². The average Bonchev–Trinajstić information content (AvgIpc) is 2.96. The number of nitrogens with one attached hydrogen (secondary N) is 1. The Morgan fingerprint density at radius 2 is 2.00 bits per heavy atom. The van der Waals surface area contributed by atoms with E-state index in [0.717, 1.165) is 26.8 Å². The lowest BCUT2D eigenvalue weighted by Crippen LogP contribution is -2.56. The summed E-state index contributed by atoms with van der Waals surface area (Å²) >= 11 is 1.62. The molecule has 2 aromatic rings. The van der Waals surface area contributed by atoms with Crippen LogP contribution in [-0.2, 0) is 4.79 Å². The first kappa shape index (κ1) is 14.6. The maximum atomic E-state index is 12.1. The first-order valence-electron chi connectivity index (χ1n) is 7.66. The third-order valence-corrected chi connectivity index (χ3v) is 4.97. The van der Waals surface area contributed by atoms with E-state index in [1.165, 1.54) is 0 Å². The van der Waals surface area contributed by atoms with Crippen LogP contribution in [0.4, 0.5) is 5.13 Å². The third-order valence-electron chi connectivity index (χ3n) is 3.89. The molecule has 0 radical (unpaired) electrons. The predicted molar refractivity (Wildman–Crippen MR) is 89.3 cm³/mol. The average molecular weight is 333 g/mol. The van der Waals surface area contributed by atoms with Crippen molar-refractivity contribution in [2.75, 3.05) is 24.8 Å². The molecule has 2 aliphatic rings. The van der Waals surface area contributed by atoms with Crippen molar-refractivity contribution in [3.63, 3.8) is 0 Å². The largest absolute Gasteiger partial charge is 0.454 e. The summed E-state index contributed by atoms with van der Waals surface area (Å²) < 4.78 is 11.9. The first-order chi connectivity index (χ1) is 10.9. The number of thiazole rings is 1. The van der Waals surface area contributed by atoms with E-state index in [0.29, 0.717) is 13.1 Å². The fourth-order valence-electron chi connectivity index (χ4n) is 2.71. The van der Waals surface area contributed by atoms with Gasteiger partial charge in [-0.2, -0.15) is 0 Å². The summed E-state index contributed by atoms with van der Waals surface area (Å²) in [5.41, 5.74) is 0.727. The van der Waals surface area contributed by atoms with Crippen molar-refractivity contribution in [3.05, 3.63) is 12.1 Å². The molecule has 122 valence electrons. The van der Waals surface area contributed by atoms with Crippen molar-refractivity contribution in [2.24, 2.45) is 5.92 Å². The number of carbonyl (C=O) groups is 1. The molecule has 7 heteroatoms. The van der Waals surface area contributed by atoms with Crippen LogP contribution < -0.4 is 19.7 Å². The van der Waals surface area contributed by atoms with Crippen molar-refractivity contribution < 1.29 is 14.3 Å². The molecule has 1 fully saturated rings. The number of ether oxygens (including phenoxy) is 2. The van der Waals surface area contributed by atoms with E-state index in [4.69, 9.17) is 9.47 Å². The quantitative estimate of drug-likeness (QED) is 0.914. The molecule has 1 amide bonds. The van der Waals surface area contributed by atoms with Crippen LogP contribution in [0, 0.1) is 5.92 Å². The molecule has 0 unspecified atom stereocenters. The van der Waals surface area contributed by atoms with Crippen LogP contribution in [0.25, 0.3) is 10.2 Å². The van der Waals surface area contributed by atoms with Gasteiger partial charge in [0.25, 0.3) is 0 Å². The Kier molecular flexibility index (Phi) is 3.16. The second kappa shape index (κ2) is 4.99.